The van der Waals surface area contributed by atoms with Crippen LogP contribution in [0.4, 0.5) is 5.95 Å². The first-order chi connectivity index (χ1) is 7.34. The largest absolute Gasteiger partial charge is 0.354 e. The topological polar surface area (TPSA) is 46.9 Å². The maximum Gasteiger partial charge on any atom is 0.255 e. The van der Waals surface area contributed by atoms with Gasteiger partial charge in [0.15, 0.2) is 0 Å². The average Bonchev–Trinajstić information content (AvgIpc) is 2.88. The highest BCUT2D eigenvalue weighted by molar-refractivity contribution is 7.13. The Balaban J connectivity index is 2.20. The smallest absolute Gasteiger partial charge is 0.255 e. The molecule has 3 heterocycles. The number of thiophene rings is 1. The predicted octanol–water partition coefficient (Wildman–Crippen LogP) is 1.40. The summed E-state index contributed by atoms with van der Waals surface area (Å²) in [6, 6.07) is 5.53. The lowest BCUT2D eigenvalue weighted by Gasteiger charge is -2.02. The normalized spacial score (nSPS) is 13.6. The summed E-state index contributed by atoms with van der Waals surface area (Å²) in [7, 11) is 0. The van der Waals surface area contributed by atoms with E-state index in [9.17, 15) is 4.79 Å². The summed E-state index contributed by atoms with van der Waals surface area (Å²) in [5.41, 5.74) is 0.782. The number of fused-ring (bicyclic) bond motifs is 1. The van der Waals surface area contributed by atoms with E-state index >= 15 is 0 Å². The van der Waals surface area contributed by atoms with Gasteiger partial charge in [-0.3, -0.25) is 9.36 Å². The Morgan fingerprint density at radius 1 is 1.53 bits per heavy atom. The van der Waals surface area contributed by atoms with Crippen LogP contribution in [-0.2, 0) is 6.54 Å². The van der Waals surface area contributed by atoms with Gasteiger partial charge < -0.3 is 5.32 Å². The monoisotopic (exact) mass is 219 g/mol. The summed E-state index contributed by atoms with van der Waals surface area (Å²) in [5.74, 6) is 0.686. The maximum absolute atomic E-state index is 11.7. The molecule has 0 bridgehead atoms. The van der Waals surface area contributed by atoms with Crippen LogP contribution in [0.15, 0.2) is 28.4 Å². The number of aromatic nitrogens is 2. The van der Waals surface area contributed by atoms with Crippen molar-refractivity contribution < 1.29 is 0 Å². The molecule has 2 aromatic heterocycles. The molecule has 0 radical (unpaired) electrons. The van der Waals surface area contributed by atoms with E-state index in [1.807, 2.05) is 17.5 Å². The van der Waals surface area contributed by atoms with E-state index < -0.39 is 0 Å². The van der Waals surface area contributed by atoms with Crippen LogP contribution >= 0.6 is 11.3 Å². The zero-order valence-electron chi connectivity index (χ0n) is 7.93. The molecule has 0 atom stereocenters. The Hall–Kier alpha value is -1.62. The van der Waals surface area contributed by atoms with Gasteiger partial charge in [0.25, 0.3) is 5.56 Å². The minimum absolute atomic E-state index is 0.0217. The van der Waals surface area contributed by atoms with Crippen molar-refractivity contribution in [3.63, 3.8) is 0 Å². The molecule has 5 heteroatoms. The van der Waals surface area contributed by atoms with Gasteiger partial charge in [0.1, 0.15) is 0 Å². The van der Waals surface area contributed by atoms with Gasteiger partial charge in [0, 0.05) is 19.2 Å². The molecule has 15 heavy (non-hydrogen) atoms. The van der Waals surface area contributed by atoms with E-state index in [0.717, 1.165) is 17.1 Å². The Bertz CT molecular complexity index is 544. The van der Waals surface area contributed by atoms with Gasteiger partial charge in [0.2, 0.25) is 5.95 Å². The third-order valence-corrected chi connectivity index (χ3v) is 3.29. The molecule has 0 aromatic carbocycles. The van der Waals surface area contributed by atoms with Crippen LogP contribution in [-0.4, -0.2) is 16.1 Å². The van der Waals surface area contributed by atoms with Gasteiger partial charge in [-0.25, -0.2) is 4.98 Å². The Morgan fingerprint density at radius 2 is 2.47 bits per heavy atom. The molecule has 0 fully saturated rings. The van der Waals surface area contributed by atoms with Crippen LogP contribution in [0.1, 0.15) is 0 Å². The van der Waals surface area contributed by atoms with Crippen molar-refractivity contribution in [3.8, 4) is 10.6 Å². The second kappa shape index (κ2) is 3.20. The highest BCUT2D eigenvalue weighted by Gasteiger charge is 2.14. The van der Waals surface area contributed by atoms with E-state index in [1.54, 1.807) is 22.0 Å². The number of anilines is 1. The highest BCUT2D eigenvalue weighted by Crippen LogP contribution is 2.23. The first-order valence-corrected chi connectivity index (χ1v) is 5.62. The summed E-state index contributed by atoms with van der Waals surface area (Å²) in [4.78, 5) is 17.2. The summed E-state index contributed by atoms with van der Waals surface area (Å²) in [6.45, 7) is 1.50. The van der Waals surface area contributed by atoms with E-state index in [-0.39, 0.29) is 5.56 Å². The van der Waals surface area contributed by atoms with Crippen LogP contribution < -0.4 is 10.9 Å². The standard InChI is InChI=1S/C10H9N3OS/c14-9-6-7(8-2-1-5-15-8)12-10-11-3-4-13(9)10/h1-2,5-6H,3-4H2,(H,11,12). The number of hydrogen-bond acceptors (Lipinski definition) is 4. The van der Waals surface area contributed by atoms with Gasteiger partial charge in [-0.1, -0.05) is 6.07 Å². The van der Waals surface area contributed by atoms with Crippen molar-refractivity contribution in [3.05, 3.63) is 33.9 Å². The molecule has 76 valence electrons. The van der Waals surface area contributed by atoms with Crippen molar-refractivity contribution in [1.29, 1.82) is 0 Å². The van der Waals surface area contributed by atoms with Gasteiger partial charge in [-0.2, -0.15) is 0 Å². The molecular formula is C10H9N3OS. The molecule has 0 saturated heterocycles. The first kappa shape index (κ1) is 8.67. The zero-order valence-corrected chi connectivity index (χ0v) is 8.75. The SMILES string of the molecule is O=c1cc(-c2cccs2)nc2n1CCN2. The van der Waals surface area contributed by atoms with Crippen molar-refractivity contribution >= 4 is 17.3 Å². The summed E-state index contributed by atoms with van der Waals surface area (Å²) in [5, 5.41) is 5.08. The Labute approximate surface area is 90.2 Å². The van der Waals surface area contributed by atoms with Gasteiger partial charge in [-0.15, -0.1) is 11.3 Å². The molecule has 2 aromatic rings. The van der Waals surface area contributed by atoms with Crippen LogP contribution in [0, 0.1) is 0 Å². The molecule has 0 amide bonds. The minimum Gasteiger partial charge on any atom is -0.354 e. The minimum atomic E-state index is 0.0217. The van der Waals surface area contributed by atoms with Gasteiger partial charge >= 0.3 is 0 Å². The van der Waals surface area contributed by atoms with E-state index in [0.29, 0.717) is 12.5 Å². The van der Waals surface area contributed by atoms with Crippen LogP contribution in [0.2, 0.25) is 0 Å². The highest BCUT2D eigenvalue weighted by atomic mass is 32.1. The fourth-order valence-electron chi connectivity index (χ4n) is 1.69. The Kier molecular flexibility index (Phi) is 1.85. The molecular weight excluding hydrogens is 210 g/mol. The molecule has 1 aliphatic rings. The molecule has 0 spiro atoms. The molecule has 1 aliphatic heterocycles. The average molecular weight is 219 g/mol. The van der Waals surface area contributed by atoms with Crippen molar-refractivity contribution in [2.24, 2.45) is 0 Å². The lowest BCUT2D eigenvalue weighted by atomic mass is 10.3. The molecule has 1 N–H and O–H groups in total. The van der Waals surface area contributed by atoms with E-state index in [4.69, 9.17) is 0 Å². The van der Waals surface area contributed by atoms with Crippen LogP contribution in [0.5, 0.6) is 0 Å². The predicted molar refractivity (Wildman–Crippen MR) is 60.3 cm³/mol. The van der Waals surface area contributed by atoms with Crippen molar-refractivity contribution in [2.75, 3.05) is 11.9 Å². The van der Waals surface area contributed by atoms with Crippen LogP contribution in [0.25, 0.3) is 10.6 Å². The number of nitrogens with one attached hydrogen (secondary N) is 1. The Morgan fingerprint density at radius 3 is 3.27 bits per heavy atom. The fourth-order valence-corrected chi connectivity index (χ4v) is 2.37. The fraction of sp³-hybridized carbons (Fsp3) is 0.200. The molecule has 0 saturated carbocycles. The summed E-state index contributed by atoms with van der Waals surface area (Å²) >= 11 is 1.59. The number of rotatable bonds is 1. The number of nitrogens with zero attached hydrogens (tertiary/aromatic N) is 2. The van der Waals surface area contributed by atoms with Crippen molar-refractivity contribution in [1.82, 2.24) is 9.55 Å². The van der Waals surface area contributed by atoms with E-state index in [2.05, 4.69) is 10.3 Å². The first-order valence-electron chi connectivity index (χ1n) is 4.74. The second-order valence-corrected chi connectivity index (χ2v) is 4.31. The second-order valence-electron chi connectivity index (χ2n) is 3.36. The van der Waals surface area contributed by atoms with Crippen molar-refractivity contribution in [2.45, 2.75) is 6.54 Å². The summed E-state index contributed by atoms with van der Waals surface area (Å²) in [6.07, 6.45) is 0. The van der Waals surface area contributed by atoms with Crippen LogP contribution in [0.3, 0.4) is 0 Å². The molecule has 3 rings (SSSR count). The quantitative estimate of drug-likeness (QED) is 0.788. The zero-order chi connectivity index (χ0) is 10.3. The molecule has 0 aliphatic carbocycles. The van der Waals surface area contributed by atoms with E-state index in [1.165, 1.54) is 0 Å². The van der Waals surface area contributed by atoms with Gasteiger partial charge in [-0.05, 0) is 11.4 Å². The lowest BCUT2D eigenvalue weighted by Crippen LogP contribution is -2.17. The third-order valence-electron chi connectivity index (χ3n) is 2.40. The molecule has 4 nitrogen and oxygen atoms in total. The lowest BCUT2D eigenvalue weighted by molar-refractivity contribution is 0.762. The third kappa shape index (κ3) is 1.35. The summed E-state index contributed by atoms with van der Waals surface area (Å²) < 4.78 is 1.66. The maximum atomic E-state index is 11.7. The van der Waals surface area contributed by atoms with Gasteiger partial charge in [0.05, 0.1) is 10.6 Å². The number of hydrogen-bond donors (Lipinski definition) is 1. The molecule has 0 unspecified atom stereocenters.